The third-order valence-electron chi connectivity index (χ3n) is 1.29. The summed E-state index contributed by atoms with van der Waals surface area (Å²) in [4.78, 5) is 10.2. The summed E-state index contributed by atoms with van der Waals surface area (Å²) in [7, 11) is -3.43. The van der Waals surface area contributed by atoms with Crippen LogP contribution in [0.1, 0.15) is 9.67 Å². The Morgan fingerprint density at radius 2 is 2.15 bits per heavy atom. The Kier molecular flexibility index (Phi) is 2.65. The maximum absolute atomic E-state index is 11.0. The van der Waals surface area contributed by atoms with Crippen LogP contribution in [0.3, 0.4) is 0 Å². The number of carbonyl (C=O) groups is 1. The number of aromatic carboxylic acids is 1. The molecule has 72 valence electrons. The predicted octanol–water partition coefficient (Wildman–Crippen LogP) is 1.50. The molecule has 0 bridgehead atoms. The second kappa shape index (κ2) is 3.28. The third kappa shape index (κ3) is 2.01. The molecule has 0 saturated heterocycles. The number of carboxylic acids is 1. The summed E-state index contributed by atoms with van der Waals surface area (Å²) in [6.07, 6.45) is 0.979. The number of halogens is 1. The molecule has 0 aliphatic heterocycles. The minimum atomic E-state index is -3.43. The zero-order valence-corrected chi connectivity index (χ0v) is 8.83. The molecule has 1 aromatic heterocycles. The van der Waals surface area contributed by atoms with E-state index in [0.717, 1.165) is 17.6 Å². The molecule has 0 atom stereocenters. The average molecular weight is 241 g/mol. The standard InChI is InChI=1S/C6H5ClO4S2/c1-13(10,11)3-2-12-5(4(3)7)6(8)9/h2H,1H3,(H,8,9). The van der Waals surface area contributed by atoms with Gasteiger partial charge < -0.3 is 5.11 Å². The van der Waals surface area contributed by atoms with E-state index >= 15 is 0 Å². The highest BCUT2D eigenvalue weighted by Crippen LogP contribution is 2.31. The van der Waals surface area contributed by atoms with Crippen molar-refractivity contribution < 1.29 is 18.3 Å². The molecule has 0 unspecified atom stereocenters. The normalized spacial score (nSPS) is 11.5. The first-order chi connectivity index (χ1) is 5.84. The third-order valence-corrected chi connectivity index (χ3v) is 4.15. The highest BCUT2D eigenvalue weighted by molar-refractivity contribution is 7.91. The fourth-order valence-electron chi connectivity index (χ4n) is 0.722. The Morgan fingerprint density at radius 1 is 1.62 bits per heavy atom. The van der Waals surface area contributed by atoms with Crippen LogP contribution < -0.4 is 0 Å². The lowest BCUT2D eigenvalue weighted by atomic mass is 10.5. The van der Waals surface area contributed by atoms with Gasteiger partial charge >= 0.3 is 5.97 Å². The van der Waals surface area contributed by atoms with Gasteiger partial charge in [0.1, 0.15) is 4.88 Å². The second-order valence-corrected chi connectivity index (χ2v) is 5.56. The summed E-state index contributed by atoms with van der Waals surface area (Å²) in [6.45, 7) is 0. The zero-order valence-electron chi connectivity index (χ0n) is 6.44. The van der Waals surface area contributed by atoms with Crippen LogP contribution in [0.4, 0.5) is 0 Å². The first-order valence-corrected chi connectivity index (χ1v) is 6.19. The van der Waals surface area contributed by atoms with Gasteiger partial charge in [-0.05, 0) is 0 Å². The topological polar surface area (TPSA) is 71.4 Å². The molecule has 0 saturated carbocycles. The largest absolute Gasteiger partial charge is 0.477 e. The van der Waals surface area contributed by atoms with Gasteiger partial charge in [0.25, 0.3) is 0 Å². The first-order valence-electron chi connectivity index (χ1n) is 3.04. The van der Waals surface area contributed by atoms with E-state index in [1.165, 1.54) is 5.38 Å². The number of hydrogen-bond donors (Lipinski definition) is 1. The molecule has 1 heterocycles. The Labute approximate surface area is 83.7 Å². The molecule has 0 aliphatic carbocycles. The maximum Gasteiger partial charge on any atom is 0.347 e. The Balaban J connectivity index is 3.39. The lowest BCUT2D eigenvalue weighted by Gasteiger charge is -1.93. The van der Waals surface area contributed by atoms with E-state index in [4.69, 9.17) is 16.7 Å². The summed E-state index contributed by atoms with van der Waals surface area (Å²) in [5.41, 5.74) is 0. The van der Waals surface area contributed by atoms with E-state index < -0.39 is 15.8 Å². The molecule has 0 radical (unpaired) electrons. The molecule has 1 rings (SSSR count). The minimum absolute atomic E-state index is 0.128. The lowest BCUT2D eigenvalue weighted by molar-refractivity contribution is 0.0702. The summed E-state index contributed by atoms with van der Waals surface area (Å²) in [5.74, 6) is -1.22. The smallest absolute Gasteiger partial charge is 0.347 e. The van der Waals surface area contributed by atoms with Crippen molar-refractivity contribution in [1.29, 1.82) is 0 Å². The summed E-state index contributed by atoms with van der Waals surface area (Å²) in [6, 6.07) is 0. The van der Waals surface area contributed by atoms with Gasteiger partial charge in [-0.15, -0.1) is 11.3 Å². The molecule has 0 aliphatic rings. The van der Waals surface area contributed by atoms with Crippen LogP contribution in [-0.4, -0.2) is 25.7 Å². The molecule has 0 amide bonds. The van der Waals surface area contributed by atoms with E-state index in [-0.39, 0.29) is 14.8 Å². The Bertz CT molecular complexity index is 445. The predicted molar refractivity (Wildman–Crippen MR) is 49.4 cm³/mol. The van der Waals surface area contributed by atoms with Crippen LogP contribution in [-0.2, 0) is 9.84 Å². The lowest BCUT2D eigenvalue weighted by Crippen LogP contribution is -1.98. The second-order valence-electron chi connectivity index (χ2n) is 2.32. The van der Waals surface area contributed by atoms with Crippen molar-refractivity contribution in [2.45, 2.75) is 4.90 Å². The number of thiophene rings is 1. The van der Waals surface area contributed by atoms with Gasteiger partial charge in [0.05, 0.1) is 9.92 Å². The molecular weight excluding hydrogens is 236 g/mol. The van der Waals surface area contributed by atoms with E-state index in [0.29, 0.717) is 0 Å². The van der Waals surface area contributed by atoms with Crippen LogP contribution >= 0.6 is 22.9 Å². The first kappa shape index (κ1) is 10.5. The molecule has 7 heteroatoms. The molecule has 0 aromatic carbocycles. The summed E-state index contributed by atoms with van der Waals surface area (Å²) >= 11 is 6.35. The monoisotopic (exact) mass is 240 g/mol. The van der Waals surface area contributed by atoms with Gasteiger partial charge in [0, 0.05) is 11.6 Å². The fourth-order valence-corrected chi connectivity index (χ4v) is 3.47. The maximum atomic E-state index is 11.0. The van der Waals surface area contributed by atoms with Crippen molar-refractivity contribution >= 4 is 38.7 Å². The highest BCUT2D eigenvalue weighted by atomic mass is 35.5. The minimum Gasteiger partial charge on any atom is -0.477 e. The Morgan fingerprint density at radius 3 is 2.38 bits per heavy atom. The number of carboxylic acid groups (broad SMARTS) is 1. The molecule has 13 heavy (non-hydrogen) atoms. The number of rotatable bonds is 2. The van der Waals surface area contributed by atoms with E-state index in [9.17, 15) is 13.2 Å². The van der Waals surface area contributed by atoms with E-state index in [2.05, 4.69) is 0 Å². The molecule has 1 N–H and O–H groups in total. The molecular formula is C6H5ClO4S2. The summed E-state index contributed by atoms with van der Waals surface area (Å²) in [5, 5.41) is 9.59. The molecule has 4 nitrogen and oxygen atoms in total. The van der Waals surface area contributed by atoms with Gasteiger partial charge in [-0.3, -0.25) is 0 Å². The van der Waals surface area contributed by atoms with Gasteiger partial charge in [0.2, 0.25) is 0 Å². The Hall–Kier alpha value is -0.590. The molecule has 0 fully saturated rings. The van der Waals surface area contributed by atoms with Crippen molar-refractivity contribution in [3.8, 4) is 0 Å². The summed E-state index contributed by atoms with van der Waals surface area (Å²) < 4.78 is 22.0. The van der Waals surface area contributed by atoms with Gasteiger partial charge in [-0.25, -0.2) is 13.2 Å². The quantitative estimate of drug-likeness (QED) is 0.851. The van der Waals surface area contributed by atoms with Crippen LogP contribution in [0, 0.1) is 0 Å². The van der Waals surface area contributed by atoms with Gasteiger partial charge in [-0.2, -0.15) is 0 Å². The van der Waals surface area contributed by atoms with Crippen molar-refractivity contribution in [3.05, 3.63) is 15.3 Å². The van der Waals surface area contributed by atoms with E-state index in [1.807, 2.05) is 0 Å². The average Bonchev–Trinajstić information content (AvgIpc) is 2.28. The fraction of sp³-hybridized carbons (Fsp3) is 0.167. The molecule has 0 spiro atoms. The van der Waals surface area contributed by atoms with Gasteiger partial charge in [0.15, 0.2) is 9.84 Å². The number of hydrogen-bond acceptors (Lipinski definition) is 4. The zero-order chi connectivity index (χ0) is 10.2. The van der Waals surface area contributed by atoms with Crippen molar-refractivity contribution in [1.82, 2.24) is 0 Å². The van der Waals surface area contributed by atoms with Crippen LogP contribution in [0.15, 0.2) is 10.3 Å². The van der Waals surface area contributed by atoms with Crippen molar-refractivity contribution in [2.24, 2.45) is 0 Å². The SMILES string of the molecule is CS(=O)(=O)c1csc(C(=O)O)c1Cl. The van der Waals surface area contributed by atoms with Crippen molar-refractivity contribution in [3.63, 3.8) is 0 Å². The van der Waals surface area contributed by atoms with Crippen molar-refractivity contribution in [2.75, 3.05) is 6.26 Å². The van der Waals surface area contributed by atoms with E-state index in [1.54, 1.807) is 0 Å². The van der Waals surface area contributed by atoms with Crippen LogP contribution in [0.5, 0.6) is 0 Å². The highest BCUT2D eigenvalue weighted by Gasteiger charge is 2.21. The van der Waals surface area contributed by atoms with Crippen LogP contribution in [0.25, 0.3) is 0 Å². The van der Waals surface area contributed by atoms with Crippen LogP contribution in [0.2, 0.25) is 5.02 Å². The molecule has 1 aromatic rings. The number of sulfone groups is 1. The van der Waals surface area contributed by atoms with Gasteiger partial charge in [-0.1, -0.05) is 11.6 Å².